The van der Waals surface area contributed by atoms with Crippen LogP contribution in [0.1, 0.15) is 12.5 Å². The molecule has 0 saturated heterocycles. The zero-order chi connectivity index (χ0) is 10.6. The third-order valence-corrected chi connectivity index (χ3v) is 2.03. The maximum Gasteiger partial charge on any atom is 0.122 e. The molecule has 1 rings (SSSR count). The molecule has 0 heterocycles. The smallest absolute Gasteiger partial charge is 0.122 e. The number of nitrogens with two attached hydrogens (primary N) is 1. The van der Waals surface area contributed by atoms with Crippen LogP contribution in [0, 0.1) is 0 Å². The molecule has 0 aliphatic rings. The molecule has 0 bridgehead atoms. The van der Waals surface area contributed by atoms with Gasteiger partial charge in [0.1, 0.15) is 11.5 Å². The first-order valence-electron chi connectivity index (χ1n) is 4.64. The highest BCUT2D eigenvalue weighted by Gasteiger charge is 2.06. The van der Waals surface area contributed by atoms with Crippen LogP contribution in [0.15, 0.2) is 18.2 Å². The highest BCUT2D eigenvalue weighted by atomic mass is 16.5. The van der Waals surface area contributed by atoms with Crippen LogP contribution in [-0.4, -0.2) is 20.3 Å². The van der Waals surface area contributed by atoms with Gasteiger partial charge in [0, 0.05) is 6.04 Å². The Kier molecular flexibility index (Phi) is 3.77. The monoisotopic (exact) mass is 195 g/mol. The minimum Gasteiger partial charge on any atom is -0.497 e. The molecule has 14 heavy (non-hydrogen) atoms. The zero-order valence-corrected chi connectivity index (χ0v) is 8.91. The fourth-order valence-electron chi connectivity index (χ4n) is 1.39. The van der Waals surface area contributed by atoms with Crippen molar-refractivity contribution in [3.63, 3.8) is 0 Å². The Hall–Kier alpha value is -1.22. The van der Waals surface area contributed by atoms with Gasteiger partial charge in [-0.05, 0) is 37.1 Å². The minimum absolute atomic E-state index is 0.121. The van der Waals surface area contributed by atoms with Crippen molar-refractivity contribution in [1.82, 2.24) is 0 Å². The van der Waals surface area contributed by atoms with Crippen LogP contribution >= 0.6 is 0 Å². The van der Waals surface area contributed by atoms with E-state index in [0.29, 0.717) is 0 Å². The van der Waals surface area contributed by atoms with E-state index in [-0.39, 0.29) is 6.04 Å². The van der Waals surface area contributed by atoms with E-state index in [1.807, 2.05) is 25.1 Å². The molecule has 0 aliphatic carbocycles. The summed E-state index contributed by atoms with van der Waals surface area (Å²) in [4.78, 5) is 0. The van der Waals surface area contributed by atoms with Crippen molar-refractivity contribution in [3.8, 4) is 11.5 Å². The van der Waals surface area contributed by atoms with Crippen LogP contribution in [0.5, 0.6) is 11.5 Å². The number of rotatable bonds is 4. The van der Waals surface area contributed by atoms with Gasteiger partial charge in [-0.15, -0.1) is 0 Å². The lowest BCUT2D eigenvalue weighted by Crippen LogP contribution is -2.18. The third-order valence-electron chi connectivity index (χ3n) is 2.03. The molecule has 3 heteroatoms. The van der Waals surface area contributed by atoms with Crippen molar-refractivity contribution >= 4 is 0 Å². The van der Waals surface area contributed by atoms with Crippen LogP contribution in [0.4, 0.5) is 0 Å². The van der Waals surface area contributed by atoms with Crippen LogP contribution in [0.3, 0.4) is 0 Å². The maximum atomic E-state index is 5.74. The first-order chi connectivity index (χ1) is 6.67. The zero-order valence-electron chi connectivity index (χ0n) is 8.91. The molecule has 1 aromatic carbocycles. The summed E-state index contributed by atoms with van der Waals surface area (Å²) in [6.07, 6.45) is 0.792. The molecular formula is C11H17NO2. The number of ether oxygens (including phenoxy) is 2. The molecule has 3 nitrogen and oxygen atoms in total. The van der Waals surface area contributed by atoms with E-state index < -0.39 is 0 Å². The van der Waals surface area contributed by atoms with Gasteiger partial charge in [-0.2, -0.15) is 0 Å². The van der Waals surface area contributed by atoms with Crippen molar-refractivity contribution in [1.29, 1.82) is 0 Å². The number of benzene rings is 1. The standard InChI is InChI=1S/C11H17NO2/c1-8(12)6-9-7-10(13-2)4-5-11(9)14-3/h4-5,7-8H,6,12H2,1-3H3/t8-/m0/s1. The van der Waals surface area contributed by atoms with Gasteiger partial charge in [-0.1, -0.05) is 0 Å². The Morgan fingerprint density at radius 2 is 2.00 bits per heavy atom. The molecule has 2 N–H and O–H groups in total. The molecule has 0 amide bonds. The predicted molar refractivity (Wildman–Crippen MR) is 56.9 cm³/mol. The average molecular weight is 195 g/mol. The van der Waals surface area contributed by atoms with Crippen molar-refractivity contribution in [2.24, 2.45) is 5.73 Å². The van der Waals surface area contributed by atoms with Crippen molar-refractivity contribution in [2.45, 2.75) is 19.4 Å². The molecule has 0 fully saturated rings. The highest BCUT2D eigenvalue weighted by molar-refractivity contribution is 5.40. The van der Waals surface area contributed by atoms with E-state index in [2.05, 4.69) is 0 Å². The van der Waals surface area contributed by atoms with Gasteiger partial charge in [0.25, 0.3) is 0 Å². The van der Waals surface area contributed by atoms with Crippen LogP contribution in [0.25, 0.3) is 0 Å². The lowest BCUT2D eigenvalue weighted by Gasteiger charge is -2.11. The topological polar surface area (TPSA) is 44.5 Å². The normalized spacial score (nSPS) is 12.3. The van der Waals surface area contributed by atoms with E-state index >= 15 is 0 Å². The Labute approximate surface area is 84.8 Å². The number of hydrogen-bond donors (Lipinski definition) is 1. The quantitative estimate of drug-likeness (QED) is 0.793. The minimum atomic E-state index is 0.121. The number of methoxy groups -OCH3 is 2. The van der Waals surface area contributed by atoms with Gasteiger partial charge < -0.3 is 15.2 Å². The first-order valence-corrected chi connectivity index (χ1v) is 4.64. The van der Waals surface area contributed by atoms with Gasteiger partial charge in [-0.25, -0.2) is 0 Å². The summed E-state index contributed by atoms with van der Waals surface area (Å²) in [5.74, 6) is 1.70. The Bertz CT molecular complexity index is 297. The Morgan fingerprint density at radius 3 is 2.50 bits per heavy atom. The lowest BCUT2D eigenvalue weighted by molar-refractivity contribution is 0.397. The van der Waals surface area contributed by atoms with Crippen molar-refractivity contribution in [2.75, 3.05) is 14.2 Å². The summed E-state index contributed by atoms with van der Waals surface area (Å²) >= 11 is 0. The van der Waals surface area contributed by atoms with Crippen LogP contribution < -0.4 is 15.2 Å². The van der Waals surface area contributed by atoms with E-state index in [1.54, 1.807) is 14.2 Å². The third kappa shape index (κ3) is 2.64. The molecule has 1 aromatic rings. The molecule has 78 valence electrons. The molecular weight excluding hydrogens is 178 g/mol. The first kappa shape index (κ1) is 10.9. The molecule has 0 aromatic heterocycles. The molecule has 0 radical (unpaired) electrons. The second-order valence-electron chi connectivity index (χ2n) is 3.36. The number of hydrogen-bond acceptors (Lipinski definition) is 3. The second-order valence-corrected chi connectivity index (χ2v) is 3.36. The summed E-state index contributed by atoms with van der Waals surface area (Å²) in [6.45, 7) is 1.97. The van der Waals surface area contributed by atoms with Crippen LogP contribution in [-0.2, 0) is 6.42 Å². The Morgan fingerprint density at radius 1 is 1.29 bits per heavy atom. The van der Waals surface area contributed by atoms with Crippen molar-refractivity contribution in [3.05, 3.63) is 23.8 Å². The van der Waals surface area contributed by atoms with Gasteiger partial charge in [-0.3, -0.25) is 0 Å². The van der Waals surface area contributed by atoms with Gasteiger partial charge in [0.2, 0.25) is 0 Å². The molecule has 1 atom stereocenters. The molecule has 0 saturated carbocycles. The van der Waals surface area contributed by atoms with Gasteiger partial charge in [0.05, 0.1) is 14.2 Å². The van der Waals surface area contributed by atoms with E-state index in [9.17, 15) is 0 Å². The van der Waals surface area contributed by atoms with Gasteiger partial charge >= 0.3 is 0 Å². The maximum absolute atomic E-state index is 5.74. The summed E-state index contributed by atoms with van der Waals surface area (Å²) < 4.78 is 10.4. The second kappa shape index (κ2) is 4.86. The largest absolute Gasteiger partial charge is 0.497 e. The summed E-state index contributed by atoms with van der Waals surface area (Å²) in [6, 6.07) is 5.86. The fraction of sp³-hybridized carbons (Fsp3) is 0.455. The van der Waals surface area contributed by atoms with E-state index in [0.717, 1.165) is 23.5 Å². The average Bonchev–Trinajstić information content (AvgIpc) is 2.16. The molecule has 0 aliphatic heterocycles. The van der Waals surface area contributed by atoms with Crippen molar-refractivity contribution < 1.29 is 9.47 Å². The summed E-state index contributed by atoms with van der Waals surface area (Å²) in [5.41, 5.74) is 6.83. The summed E-state index contributed by atoms with van der Waals surface area (Å²) in [5, 5.41) is 0. The Balaban J connectivity index is 2.96. The van der Waals surface area contributed by atoms with E-state index in [4.69, 9.17) is 15.2 Å². The molecule has 0 unspecified atom stereocenters. The van der Waals surface area contributed by atoms with Crippen LogP contribution in [0.2, 0.25) is 0 Å². The molecule has 0 spiro atoms. The van der Waals surface area contributed by atoms with Gasteiger partial charge in [0.15, 0.2) is 0 Å². The fourth-order valence-corrected chi connectivity index (χ4v) is 1.39. The lowest BCUT2D eigenvalue weighted by atomic mass is 10.1. The van der Waals surface area contributed by atoms with E-state index in [1.165, 1.54) is 0 Å². The highest BCUT2D eigenvalue weighted by Crippen LogP contribution is 2.24. The predicted octanol–water partition coefficient (Wildman–Crippen LogP) is 1.59. The summed E-state index contributed by atoms with van der Waals surface area (Å²) in [7, 11) is 3.31. The SMILES string of the molecule is COc1ccc(OC)c(C[C@H](C)N)c1.